The first-order chi connectivity index (χ1) is 12.0. The van der Waals surface area contributed by atoms with E-state index in [1.165, 1.54) is 19.4 Å². The molecular formula is C18H14O7. The molecule has 0 fully saturated rings. The van der Waals surface area contributed by atoms with Crippen molar-refractivity contribution >= 4 is 22.7 Å². The van der Waals surface area contributed by atoms with Crippen LogP contribution in [-0.2, 0) is 16.1 Å². The van der Waals surface area contributed by atoms with Gasteiger partial charge in [-0.15, -0.1) is 0 Å². The van der Waals surface area contributed by atoms with E-state index in [0.717, 1.165) is 6.07 Å². The number of methoxy groups -OCH3 is 1. The van der Waals surface area contributed by atoms with Gasteiger partial charge in [0.25, 0.3) is 0 Å². The molecule has 0 aliphatic rings. The molecule has 0 bridgehead atoms. The molecule has 25 heavy (non-hydrogen) atoms. The lowest BCUT2D eigenvalue weighted by Gasteiger charge is -2.10. The number of furan rings is 1. The average molecular weight is 342 g/mol. The fourth-order valence-electron chi connectivity index (χ4n) is 2.45. The van der Waals surface area contributed by atoms with Gasteiger partial charge in [-0.1, -0.05) is 24.3 Å². The van der Waals surface area contributed by atoms with Crippen LogP contribution in [-0.4, -0.2) is 29.3 Å². The van der Waals surface area contributed by atoms with Gasteiger partial charge in [0.1, 0.15) is 22.6 Å². The summed E-state index contributed by atoms with van der Waals surface area (Å²) in [6.45, 7) is -0.330. The largest absolute Gasteiger partial charge is 0.507 e. The lowest BCUT2D eigenvalue weighted by molar-refractivity contribution is 0.0429. The normalized spacial score (nSPS) is 10.6. The van der Waals surface area contributed by atoms with Crippen LogP contribution in [0.5, 0.6) is 11.5 Å². The smallest absolute Gasteiger partial charge is 0.342 e. The second kappa shape index (κ2) is 6.56. The number of esters is 2. The Morgan fingerprint density at radius 1 is 1.04 bits per heavy atom. The number of carbonyl (C=O) groups excluding carboxylic acids is 2. The van der Waals surface area contributed by atoms with E-state index in [4.69, 9.17) is 9.15 Å². The zero-order chi connectivity index (χ0) is 18.0. The number of phenols is 2. The van der Waals surface area contributed by atoms with Crippen molar-refractivity contribution in [2.75, 3.05) is 7.11 Å². The van der Waals surface area contributed by atoms with Gasteiger partial charge >= 0.3 is 11.9 Å². The average Bonchev–Trinajstić information content (AvgIpc) is 3.10. The van der Waals surface area contributed by atoms with Gasteiger partial charge in [-0.25, -0.2) is 9.59 Å². The summed E-state index contributed by atoms with van der Waals surface area (Å²) in [5.74, 6) is -1.83. The molecule has 0 unspecified atom stereocenters. The van der Waals surface area contributed by atoms with Crippen molar-refractivity contribution in [2.45, 2.75) is 6.61 Å². The molecule has 0 atom stereocenters. The third-order valence-electron chi connectivity index (χ3n) is 3.70. The van der Waals surface area contributed by atoms with Crippen LogP contribution in [0.15, 0.2) is 47.1 Å². The predicted molar refractivity (Wildman–Crippen MR) is 86.4 cm³/mol. The van der Waals surface area contributed by atoms with Crippen molar-refractivity contribution < 1.29 is 33.7 Å². The van der Waals surface area contributed by atoms with Crippen LogP contribution in [0, 0.1) is 0 Å². The first-order valence-corrected chi connectivity index (χ1v) is 7.28. The number of benzene rings is 2. The van der Waals surface area contributed by atoms with Gasteiger partial charge < -0.3 is 24.1 Å². The third-order valence-corrected chi connectivity index (χ3v) is 3.70. The van der Waals surface area contributed by atoms with Gasteiger partial charge in [0.15, 0.2) is 12.4 Å². The molecule has 128 valence electrons. The molecule has 0 aliphatic carbocycles. The molecule has 3 aromatic rings. The molecule has 0 saturated carbocycles. The molecule has 0 aliphatic heterocycles. The second-order valence-electron chi connectivity index (χ2n) is 5.16. The Bertz CT molecular complexity index is 955. The summed E-state index contributed by atoms with van der Waals surface area (Å²) in [5.41, 5.74) is -0.0525. The summed E-state index contributed by atoms with van der Waals surface area (Å²) in [6, 6.07) is 9.08. The molecule has 7 nitrogen and oxygen atoms in total. The third kappa shape index (κ3) is 2.99. The molecule has 1 aromatic heterocycles. The highest BCUT2D eigenvalue weighted by Gasteiger charge is 2.21. The Morgan fingerprint density at radius 2 is 1.76 bits per heavy atom. The van der Waals surface area contributed by atoms with Gasteiger partial charge in [-0.2, -0.15) is 0 Å². The summed E-state index contributed by atoms with van der Waals surface area (Å²) in [5, 5.41) is 21.0. The van der Waals surface area contributed by atoms with Crippen LogP contribution in [0.2, 0.25) is 0 Å². The Kier molecular flexibility index (Phi) is 4.30. The van der Waals surface area contributed by atoms with Crippen LogP contribution in [0.4, 0.5) is 0 Å². The summed E-state index contributed by atoms with van der Waals surface area (Å²) < 4.78 is 14.8. The van der Waals surface area contributed by atoms with Crippen molar-refractivity contribution in [2.24, 2.45) is 0 Å². The Balaban J connectivity index is 1.85. The number of rotatable bonds is 4. The first kappa shape index (κ1) is 16.4. The van der Waals surface area contributed by atoms with Crippen molar-refractivity contribution in [3.05, 3.63) is 59.5 Å². The lowest BCUT2D eigenvalue weighted by Crippen LogP contribution is -2.08. The minimum atomic E-state index is -0.870. The molecular weight excluding hydrogens is 328 g/mol. The lowest BCUT2D eigenvalue weighted by atomic mass is 10.0. The van der Waals surface area contributed by atoms with Crippen molar-refractivity contribution in [3.8, 4) is 11.5 Å². The summed E-state index contributed by atoms with van der Waals surface area (Å²) in [4.78, 5) is 23.8. The number of aromatic hydroxyl groups is 2. The summed E-state index contributed by atoms with van der Waals surface area (Å²) in [6.07, 6.45) is 1.27. The SMILES string of the molecule is COC(=O)c1ccoc1COC(=O)c1cc(O)c2ccccc2c1O. The van der Waals surface area contributed by atoms with Gasteiger partial charge in [-0.3, -0.25) is 0 Å². The molecule has 2 aromatic carbocycles. The predicted octanol–water partition coefficient (Wildman–Crippen LogP) is 2.99. The van der Waals surface area contributed by atoms with E-state index >= 15 is 0 Å². The Morgan fingerprint density at radius 3 is 2.48 bits per heavy atom. The maximum Gasteiger partial charge on any atom is 0.342 e. The molecule has 1 heterocycles. The zero-order valence-electron chi connectivity index (χ0n) is 13.2. The second-order valence-corrected chi connectivity index (χ2v) is 5.16. The number of phenolic OH excluding ortho intramolecular Hbond substituents is 2. The van der Waals surface area contributed by atoms with E-state index in [2.05, 4.69) is 4.74 Å². The molecule has 7 heteroatoms. The van der Waals surface area contributed by atoms with Gasteiger partial charge in [0.2, 0.25) is 0 Å². The number of fused-ring (bicyclic) bond motifs is 1. The van der Waals surface area contributed by atoms with Gasteiger partial charge in [-0.05, 0) is 12.1 Å². The van der Waals surface area contributed by atoms with E-state index in [1.807, 2.05) is 0 Å². The van der Waals surface area contributed by atoms with E-state index in [9.17, 15) is 19.8 Å². The minimum Gasteiger partial charge on any atom is -0.507 e. The standard InChI is InChI=1S/C18H14O7/c1-23-17(21)12-6-7-24-15(12)9-25-18(22)13-8-14(19)10-4-2-3-5-11(10)16(13)20/h2-8,19-20H,9H2,1H3. The highest BCUT2D eigenvalue weighted by Crippen LogP contribution is 2.35. The highest BCUT2D eigenvalue weighted by atomic mass is 16.5. The zero-order valence-corrected chi connectivity index (χ0v) is 13.2. The Labute approximate surface area is 142 Å². The van der Waals surface area contributed by atoms with Crippen LogP contribution in [0.3, 0.4) is 0 Å². The molecule has 3 rings (SSSR count). The quantitative estimate of drug-likeness (QED) is 0.554. The molecule has 0 amide bonds. The maximum absolute atomic E-state index is 12.3. The topological polar surface area (TPSA) is 106 Å². The molecule has 0 spiro atoms. The number of carbonyl (C=O) groups is 2. The van der Waals surface area contributed by atoms with Crippen LogP contribution < -0.4 is 0 Å². The van der Waals surface area contributed by atoms with E-state index in [1.54, 1.807) is 24.3 Å². The number of hydrogen-bond donors (Lipinski definition) is 2. The number of hydrogen-bond acceptors (Lipinski definition) is 7. The number of ether oxygens (including phenoxy) is 2. The summed E-state index contributed by atoms with van der Waals surface area (Å²) >= 11 is 0. The van der Waals surface area contributed by atoms with E-state index < -0.39 is 11.9 Å². The molecule has 2 N–H and O–H groups in total. The maximum atomic E-state index is 12.3. The fourth-order valence-corrected chi connectivity index (χ4v) is 2.45. The van der Waals surface area contributed by atoms with Crippen LogP contribution in [0.25, 0.3) is 10.8 Å². The van der Waals surface area contributed by atoms with Crippen molar-refractivity contribution in [1.82, 2.24) is 0 Å². The van der Waals surface area contributed by atoms with E-state index in [-0.39, 0.29) is 35.0 Å². The Hall–Kier alpha value is -3.48. The monoisotopic (exact) mass is 342 g/mol. The minimum absolute atomic E-state index is 0.115. The van der Waals surface area contributed by atoms with Gasteiger partial charge in [0, 0.05) is 10.8 Å². The van der Waals surface area contributed by atoms with Crippen molar-refractivity contribution in [3.63, 3.8) is 0 Å². The van der Waals surface area contributed by atoms with E-state index in [0.29, 0.717) is 10.8 Å². The van der Waals surface area contributed by atoms with Crippen LogP contribution >= 0.6 is 0 Å². The molecule has 0 radical (unpaired) electrons. The first-order valence-electron chi connectivity index (χ1n) is 7.28. The van der Waals surface area contributed by atoms with Crippen LogP contribution in [0.1, 0.15) is 26.5 Å². The highest BCUT2D eigenvalue weighted by molar-refractivity contribution is 6.03. The fraction of sp³-hybridized carbons (Fsp3) is 0.111. The summed E-state index contributed by atoms with van der Waals surface area (Å²) in [7, 11) is 1.22. The van der Waals surface area contributed by atoms with Crippen molar-refractivity contribution in [1.29, 1.82) is 0 Å². The molecule has 0 saturated heterocycles. The van der Waals surface area contributed by atoms with Gasteiger partial charge in [0.05, 0.1) is 13.4 Å².